The van der Waals surface area contributed by atoms with Gasteiger partial charge in [0.15, 0.2) is 0 Å². The van der Waals surface area contributed by atoms with E-state index in [1.54, 1.807) is 13.4 Å². The van der Waals surface area contributed by atoms with E-state index in [0.717, 1.165) is 24.5 Å². The molecule has 0 bridgehead atoms. The van der Waals surface area contributed by atoms with Crippen molar-refractivity contribution in [3.05, 3.63) is 18.1 Å². The minimum Gasteiger partial charge on any atom is -0.378 e. The van der Waals surface area contributed by atoms with Crippen LogP contribution >= 0.6 is 0 Å². The molecule has 25 heavy (non-hydrogen) atoms. The van der Waals surface area contributed by atoms with Crippen LogP contribution in [0, 0.1) is 5.41 Å². The lowest BCUT2D eigenvalue weighted by Gasteiger charge is -2.57. The Balaban J connectivity index is 1.68. The summed E-state index contributed by atoms with van der Waals surface area (Å²) in [6, 6.07) is 2.54. The average Bonchev–Trinajstić information content (AvgIpc) is 3.27. The van der Waals surface area contributed by atoms with E-state index in [1.807, 2.05) is 4.52 Å². The molecule has 2 fully saturated rings. The standard InChI is InChI=1S/C18H27N5O2/c1-4-25-15-10-14(18(15)7-5-6-8-18)22(2)16-9-13(11-24-3)21-17-19-12-20-23(16)17/h9,12,14-15H,4-8,10-11H2,1-3H3/t14-,15-/m1/s1. The smallest absolute Gasteiger partial charge is 0.254 e. The molecule has 0 aromatic carbocycles. The minimum absolute atomic E-state index is 0.280. The van der Waals surface area contributed by atoms with Crippen molar-refractivity contribution < 1.29 is 9.47 Å². The Kier molecular flexibility index (Phi) is 4.37. The van der Waals surface area contributed by atoms with Gasteiger partial charge in [0.05, 0.1) is 18.4 Å². The van der Waals surface area contributed by atoms with Gasteiger partial charge in [-0.2, -0.15) is 14.6 Å². The highest BCUT2D eigenvalue weighted by atomic mass is 16.5. The van der Waals surface area contributed by atoms with Crippen LogP contribution in [0.2, 0.25) is 0 Å². The summed E-state index contributed by atoms with van der Waals surface area (Å²) in [7, 11) is 3.85. The van der Waals surface area contributed by atoms with Crippen LogP contribution in [-0.2, 0) is 16.1 Å². The van der Waals surface area contributed by atoms with E-state index < -0.39 is 0 Å². The van der Waals surface area contributed by atoms with Gasteiger partial charge in [0, 0.05) is 38.3 Å². The quantitative estimate of drug-likeness (QED) is 0.801. The zero-order chi connectivity index (χ0) is 17.4. The van der Waals surface area contributed by atoms with Crippen LogP contribution in [0.1, 0.15) is 44.7 Å². The fourth-order valence-electron chi connectivity index (χ4n) is 4.87. The van der Waals surface area contributed by atoms with E-state index in [4.69, 9.17) is 9.47 Å². The molecule has 2 saturated carbocycles. The summed E-state index contributed by atoms with van der Waals surface area (Å²) >= 11 is 0. The molecule has 0 amide bonds. The van der Waals surface area contributed by atoms with Gasteiger partial charge in [-0.05, 0) is 26.2 Å². The zero-order valence-corrected chi connectivity index (χ0v) is 15.3. The average molecular weight is 345 g/mol. The van der Waals surface area contributed by atoms with Crippen LogP contribution in [0.4, 0.5) is 5.82 Å². The summed E-state index contributed by atoms with van der Waals surface area (Å²) < 4.78 is 13.2. The van der Waals surface area contributed by atoms with Gasteiger partial charge in [-0.25, -0.2) is 4.98 Å². The number of nitrogens with zero attached hydrogens (tertiary/aromatic N) is 5. The van der Waals surface area contributed by atoms with Crippen LogP contribution in [0.15, 0.2) is 12.4 Å². The van der Waals surface area contributed by atoms with Crippen molar-refractivity contribution in [2.45, 2.75) is 57.8 Å². The lowest BCUT2D eigenvalue weighted by Crippen LogP contribution is -2.63. The second kappa shape index (κ2) is 6.53. The predicted octanol–water partition coefficient (Wildman–Crippen LogP) is 2.44. The SMILES string of the molecule is CCO[C@@H]1C[C@@H](N(C)c2cc(COC)nc3ncnn23)C12CCCC2. The van der Waals surface area contributed by atoms with E-state index in [-0.39, 0.29) is 5.41 Å². The van der Waals surface area contributed by atoms with Crippen molar-refractivity contribution in [3.8, 4) is 0 Å². The Morgan fingerprint density at radius 2 is 2.16 bits per heavy atom. The van der Waals surface area contributed by atoms with Gasteiger partial charge in [0.25, 0.3) is 5.78 Å². The van der Waals surface area contributed by atoms with Crippen molar-refractivity contribution in [3.63, 3.8) is 0 Å². The highest BCUT2D eigenvalue weighted by molar-refractivity contribution is 5.49. The Bertz CT molecular complexity index is 740. The van der Waals surface area contributed by atoms with E-state index in [0.29, 0.717) is 24.5 Å². The van der Waals surface area contributed by atoms with Crippen molar-refractivity contribution >= 4 is 11.6 Å². The molecule has 2 heterocycles. The first-order valence-corrected chi connectivity index (χ1v) is 9.22. The molecule has 0 radical (unpaired) electrons. The normalized spacial score (nSPS) is 24.8. The molecule has 1 spiro atoms. The second-order valence-electron chi connectivity index (χ2n) is 7.26. The summed E-state index contributed by atoms with van der Waals surface area (Å²) in [5, 5.41) is 4.38. The van der Waals surface area contributed by atoms with Gasteiger partial charge in [0.2, 0.25) is 0 Å². The molecule has 7 heteroatoms. The van der Waals surface area contributed by atoms with Crippen LogP contribution < -0.4 is 4.90 Å². The van der Waals surface area contributed by atoms with Gasteiger partial charge in [-0.1, -0.05) is 12.8 Å². The van der Waals surface area contributed by atoms with Crippen molar-refractivity contribution in [1.29, 1.82) is 0 Å². The third-order valence-electron chi connectivity index (χ3n) is 6.05. The molecule has 2 aliphatic carbocycles. The number of ether oxygens (including phenoxy) is 2. The Labute approximate surface area is 148 Å². The largest absolute Gasteiger partial charge is 0.378 e. The Hall–Kier alpha value is -1.73. The molecule has 0 aliphatic heterocycles. The minimum atomic E-state index is 0.280. The first-order valence-electron chi connectivity index (χ1n) is 9.22. The van der Waals surface area contributed by atoms with Gasteiger partial charge in [0.1, 0.15) is 12.1 Å². The van der Waals surface area contributed by atoms with Gasteiger partial charge in [-0.3, -0.25) is 0 Å². The molecule has 0 saturated heterocycles. The summed E-state index contributed by atoms with van der Waals surface area (Å²) in [6.45, 7) is 3.36. The molecule has 4 rings (SSSR count). The summed E-state index contributed by atoms with van der Waals surface area (Å²) in [6.07, 6.45) is 8.13. The van der Waals surface area contributed by atoms with Crippen LogP contribution in [0.25, 0.3) is 5.78 Å². The number of hydrogen-bond donors (Lipinski definition) is 0. The molecule has 2 aromatic rings. The fourth-order valence-corrected chi connectivity index (χ4v) is 4.87. The maximum Gasteiger partial charge on any atom is 0.254 e. The molecule has 0 N–H and O–H groups in total. The van der Waals surface area contributed by atoms with Gasteiger partial charge in [-0.15, -0.1) is 0 Å². The summed E-state index contributed by atoms with van der Waals surface area (Å²) in [4.78, 5) is 11.2. The number of fused-ring (bicyclic) bond motifs is 1. The van der Waals surface area contributed by atoms with Crippen molar-refractivity contribution in [2.24, 2.45) is 5.41 Å². The number of hydrogen-bond acceptors (Lipinski definition) is 6. The number of methoxy groups -OCH3 is 1. The van der Waals surface area contributed by atoms with E-state index in [2.05, 4.69) is 40.0 Å². The van der Waals surface area contributed by atoms with Gasteiger partial charge < -0.3 is 14.4 Å². The molecule has 7 nitrogen and oxygen atoms in total. The van der Waals surface area contributed by atoms with Crippen LogP contribution in [-0.4, -0.2) is 52.5 Å². The lowest BCUT2D eigenvalue weighted by atomic mass is 9.60. The van der Waals surface area contributed by atoms with Gasteiger partial charge >= 0.3 is 0 Å². The predicted molar refractivity (Wildman–Crippen MR) is 94.6 cm³/mol. The third kappa shape index (κ3) is 2.60. The molecule has 2 aromatic heterocycles. The number of rotatable bonds is 6. The van der Waals surface area contributed by atoms with Crippen LogP contribution in [0.3, 0.4) is 0 Å². The maximum atomic E-state index is 6.07. The topological polar surface area (TPSA) is 64.8 Å². The summed E-state index contributed by atoms with van der Waals surface area (Å²) in [5.74, 6) is 1.65. The van der Waals surface area contributed by atoms with Crippen molar-refractivity contribution in [1.82, 2.24) is 19.6 Å². The second-order valence-corrected chi connectivity index (χ2v) is 7.26. The first-order chi connectivity index (χ1) is 12.2. The molecular weight excluding hydrogens is 318 g/mol. The Morgan fingerprint density at radius 3 is 2.88 bits per heavy atom. The monoisotopic (exact) mass is 345 g/mol. The van der Waals surface area contributed by atoms with E-state index in [9.17, 15) is 0 Å². The van der Waals surface area contributed by atoms with E-state index >= 15 is 0 Å². The highest BCUT2D eigenvalue weighted by Crippen LogP contribution is 2.56. The van der Waals surface area contributed by atoms with Crippen molar-refractivity contribution in [2.75, 3.05) is 25.7 Å². The molecule has 2 atom stereocenters. The molecular formula is C18H27N5O2. The molecule has 136 valence electrons. The number of anilines is 1. The number of aromatic nitrogens is 4. The zero-order valence-electron chi connectivity index (χ0n) is 15.3. The fraction of sp³-hybridized carbons (Fsp3) is 0.722. The molecule has 2 aliphatic rings. The third-order valence-corrected chi connectivity index (χ3v) is 6.05. The summed E-state index contributed by atoms with van der Waals surface area (Å²) in [5.41, 5.74) is 1.16. The van der Waals surface area contributed by atoms with E-state index in [1.165, 1.54) is 25.7 Å². The van der Waals surface area contributed by atoms with Crippen LogP contribution in [0.5, 0.6) is 0 Å². The maximum absolute atomic E-state index is 6.07. The molecule has 0 unspecified atom stereocenters. The lowest BCUT2D eigenvalue weighted by molar-refractivity contribution is -0.121. The Morgan fingerprint density at radius 1 is 1.36 bits per heavy atom. The highest BCUT2D eigenvalue weighted by Gasteiger charge is 2.58. The first kappa shape index (κ1) is 16.7.